The highest BCUT2D eigenvalue weighted by Crippen LogP contribution is 2.16. The van der Waals surface area contributed by atoms with E-state index in [2.05, 4.69) is 16.0 Å². The molecule has 23 heavy (non-hydrogen) atoms. The number of nitrogens with one attached hydrogen (secondary N) is 3. The maximum atomic E-state index is 12.1. The molecule has 1 aliphatic heterocycles. The third-order valence-electron chi connectivity index (χ3n) is 3.66. The summed E-state index contributed by atoms with van der Waals surface area (Å²) < 4.78 is 0. The van der Waals surface area contributed by atoms with Crippen LogP contribution in [0, 0.1) is 5.92 Å². The molecule has 0 saturated carbocycles. The Morgan fingerprint density at radius 2 is 1.74 bits per heavy atom. The monoisotopic (exact) mass is 339 g/mol. The molecule has 2 amide bonds. The molecule has 1 fully saturated rings. The van der Waals surface area contributed by atoms with Crippen LogP contribution in [0.15, 0.2) is 24.3 Å². The molecule has 0 spiro atoms. The van der Waals surface area contributed by atoms with Crippen LogP contribution >= 0.6 is 12.4 Å². The van der Waals surface area contributed by atoms with Crippen molar-refractivity contribution in [2.24, 2.45) is 5.92 Å². The van der Waals surface area contributed by atoms with Gasteiger partial charge in [-0.1, -0.05) is 20.3 Å². The lowest BCUT2D eigenvalue weighted by Gasteiger charge is -2.22. The van der Waals surface area contributed by atoms with Crippen LogP contribution in [0.25, 0.3) is 0 Å². The fourth-order valence-electron chi connectivity index (χ4n) is 2.52. The minimum atomic E-state index is -0.0980. The molecule has 0 unspecified atom stereocenters. The van der Waals surface area contributed by atoms with Crippen molar-refractivity contribution in [2.45, 2.75) is 45.6 Å². The SMILES string of the molecule is CC(C)CC(=O)Nc1ccc(NC(=O)[C@@H]2CCCCN2)cc1.Cl. The number of carbonyl (C=O) groups is 2. The van der Waals surface area contributed by atoms with Gasteiger partial charge in [-0.05, 0) is 49.6 Å². The molecule has 1 aromatic carbocycles. The van der Waals surface area contributed by atoms with Crippen LogP contribution in [0.5, 0.6) is 0 Å². The summed E-state index contributed by atoms with van der Waals surface area (Å²) in [5, 5.41) is 8.99. The first-order chi connectivity index (χ1) is 10.5. The van der Waals surface area contributed by atoms with Gasteiger partial charge < -0.3 is 16.0 Å². The van der Waals surface area contributed by atoms with Crippen LogP contribution in [-0.2, 0) is 9.59 Å². The van der Waals surface area contributed by atoms with Crippen LogP contribution in [0.4, 0.5) is 11.4 Å². The number of amides is 2. The summed E-state index contributed by atoms with van der Waals surface area (Å²) in [6, 6.07) is 7.14. The minimum absolute atomic E-state index is 0. The van der Waals surface area contributed by atoms with Crippen LogP contribution in [0.2, 0.25) is 0 Å². The molecular formula is C17H26ClN3O2. The Hall–Kier alpha value is -1.59. The molecule has 5 nitrogen and oxygen atoms in total. The van der Waals surface area contributed by atoms with Crippen molar-refractivity contribution in [2.75, 3.05) is 17.2 Å². The van der Waals surface area contributed by atoms with Crippen molar-refractivity contribution in [3.8, 4) is 0 Å². The summed E-state index contributed by atoms with van der Waals surface area (Å²) in [5.74, 6) is 0.357. The van der Waals surface area contributed by atoms with Crippen LogP contribution in [0.3, 0.4) is 0 Å². The van der Waals surface area contributed by atoms with Gasteiger partial charge in [-0.15, -0.1) is 12.4 Å². The molecule has 2 rings (SSSR count). The minimum Gasteiger partial charge on any atom is -0.326 e. The molecule has 1 aliphatic rings. The van der Waals surface area contributed by atoms with E-state index in [1.165, 1.54) is 0 Å². The summed E-state index contributed by atoms with van der Waals surface area (Å²) in [5.41, 5.74) is 1.50. The largest absolute Gasteiger partial charge is 0.326 e. The summed E-state index contributed by atoms with van der Waals surface area (Å²) in [6.07, 6.45) is 3.61. The third-order valence-corrected chi connectivity index (χ3v) is 3.66. The third kappa shape index (κ3) is 6.59. The first kappa shape index (κ1) is 19.5. The van der Waals surface area contributed by atoms with Crippen molar-refractivity contribution in [1.82, 2.24) is 5.32 Å². The van der Waals surface area contributed by atoms with E-state index in [-0.39, 0.29) is 30.3 Å². The van der Waals surface area contributed by atoms with Gasteiger partial charge in [-0.2, -0.15) is 0 Å². The lowest BCUT2D eigenvalue weighted by Crippen LogP contribution is -2.43. The zero-order chi connectivity index (χ0) is 15.9. The number of rotatable bonds is 5. The van der Waals surface area contributed by atoms with E-state index in [1.807, 2.05) is 38.1 Å². The van der Waals surface area contributed by atoms with Crippen molar-refractivity contribution in [1.29, 1.82) is 0 Å². The molecule has 3 N–H and O–H groups in total. The van der Waals surface area contributed by atoms with Gasteiger partial charge in [0, 0.05) is 17.8 Å². The first-order valence-electron chi connectivity index (χ1n) is 7.99. The predicted molar refractivity (Wildman–Crippen MR) is 96.0 cm³/mol. The Labute approximate surface area is 144 Å². The molecule has 0 aromatic heterocycles. The molecule has 0 bridgehead atoms. The Morgan fingerprint density at radius 1 is 1.13 bits per heavy atom. The molecule has 0 radical (unpaired) electrons. The van der Waals surface area contributed by atoms with E-state index < -0.39 is 0 Å². The van der Waals surface area contributed by atoms with Gasteiger partial charge in [0.25, 0.3) is 0 Å². The Balaban J connectivity index is 0.00000264. The van der Waals surface area contributed by atoms with Gasteiger partial charge in [-0.3, -0.25) is 9.59 Å². The van der Waals surface area contributed by atoms with Gasteiger partial charge in [0.1, 0.15) is 0 Å². The Morgan fingerprint density at radius 3 is 2.26 bits per heavy atom. The van der Waals surface area contributed by atoms with Crippen molar-refractivity contribution < 1.29 is 9.59 Å². The summed E-state index contributed by atoms with van der Waals surface area (Å²) in [6.45, 7) is 4.92. The van der Waals surface area contributed by atoms with Gasteiger partial charge in [0.15, 0.2) is 0 Å². The van der Waals surface area contributed by atoms with Gasteiger partial charge in [0.2, 0.25) is 11.8 Å². The first-order valence-corrected chi connectivity index (χ1v) is 7.99. The van der Waals surface area contributed by atoms with E-state index in [0.717, 1.165) is 37.2 Å². The van der Waals surface area contributed by atoms with E-state index in [1.54, 1.807) is 0 Å². The summed E-state index contributed by atoms with van der Waals surface area (Å²) >= 11 is 0. The number of anilines is 2. The molecular weight excluding hydrogens is 314 g/mol. The van der Waals surface area contributed by atoms with Crippen molar-refractivity contribution in [3.63, 3.8) is 0 Å². The fraction of sp³-hybridized carbons (Fsp3) is 0.529. The Bertz CT molecular complexity index is 511. The van der Waals surface area contributed by atoms with Crippen LogP contribution in [0.1, 0.15) is 39.5 Å². The van der Waals surface area contributed by atoms with Gasteiger partial charge in [0.05, 0.1) is 6.04 Å². The topological polar surface area (TPSA) is 70.2 Å². The quantitative estimate of drug-likeness (QED) is 0.771. The second-order valence-electron chi connectivity index (χ2n) is 6.22. The highest BCUT2D eigenvalue weighted by atomic mass is 35.5. The number of piperidine rings is 1. The van der Waals surface area contributed by atoms with Gasteiger partial charge in [-0.25, -0.2) is 0 Å². The van der Waals surface area contributed by atoms with Crippen molar-refractivity contribution >= 4 is 35.6 Å². The second-order valence-corrected chi connectivity index (χ2v) is 6.22. The number of hydrogen-bond acceptors (Lipinski definition) is 3. The lowest BCUT2D eigenvalue weighted by molar-refractivity contribution is -0.119. The molecule has 1 heterocycles. The molecule has 0 aliphatic carbocycles. The van der Waals surface area contributed by atoms with Crippen molar-refractivity contribution in [3.05, 3.63) is 24.3 Å². The molecule has 1 saturated heterocycles. The maximum absolute atomic E-state index is 12.1. The number of carbonyl (C=O) groups excluding carboxylic acids is 2. The zero-order valence-corrected chi connectivity index (χ0v) is 14.5. The predicted octanol–water partition coefficient (Wildman–Crippen LogP) is 3.17. The summed E-state index contributed by atoms with van der Waals surface area (Å²) in [4.78, 5) is 23.8. The van der Waals surface area contributed by atoms with E-state index >= 15 is 0 Å². The van der Waals surface area contributed by atoms with E-state index in [9.17, 15) is 9.59 Å². The lowest BCUT2D eigenvalue weighted by atomic mass is 10.0. The number of benzene rings is 1. The maximum Gasteiger partial charge on any atom is 0.241 e. The Kier molecular flexibility index (Phi) is 8.06. The highest BCUT2D eigenvalue weighted by molar-refractivity contribution is 5.95. The number of hydrogen-bond donors (Lipinski definition) is 3. The van der Waals surface area contributed by atoms with Gasteiger partial charge >= 0.3 is 0 Å². The summed E-state index contributed by atoms with van der Waals surface area (Å²) in [7, 11) is 0. The normalized spacial score (nSPS) is 17.3. The fourth-order valence-corrected chi connectivity index (χ4v) is 2.52. The van der Waals surface area contributed by atoms with E-state index in [4.69, 9.17) is 0 Å². The molecule has 1 aromatic rings. The standard InChI is InChI=1S/C17H25N3O2.ClH/c1-12(2)11-16(21)19-13-6-8-14(9-7-13)20-17(22)15-5-3-4-10-18-15;/h6-9,12,15,18H,3-5,10-11H2,1-2H3,(H,19,21)(H,20,22);1H/t15-;/m0./s1. The molecule has 128 valence electrons. The molecule has 1 atom stereocenters. The van der Waals surface area contributed by atoms with Crippen LogP contribution in [-0.4, -0.2) is 24.4 Å². The smallest absolute Gasteiger partial charge is 0.241 e. The van der Waals surface area contributed by atoms with E-state index in [0.29, 0.717) is 12.3 Å². The zero-order valence-electron chi connectivity index (χ0n) is 13.7. The second kappa shape index (κ2) is 9.53. The van der Waals surface area contributed by atoms with Crippen LogP contribution < -0.4 is 16.0 Å². The average molecular weight is 340 g/mol. The average Bonchev–Trinajstić information content (AvgIpc) is 2.49. The highest BCUT2D eigenvalue weighted by Gasteiger charge is 2.20. The molecule has 6 heteroatoms. The number of halogens is 1.